The van der Waals surface area contributed by atoms with E-state index in [1.807, 2.05) is 13.2 Å². The number of aromatic nitrogens is 2. The van der Waals surface area contributed by atoms with Crippen LogP contribution in [0.4, 0.5) is 0 Å². The minimum atomic E-state index is -0.333. The van der Waals surface area contributed by atoms with Crippen LogP contribution in [0.15, 0.2) is 18.6 Å². The molecule has 2 N–H and O–H groups in total. The highest BCUT2D eigenvalue weighted by Gasteiger charge is 2.11. The Balaban J connectivity index is 2.43. The monoisotopic (exact) mass is 233 g/mol. The fourth-order valence-electron chi connectivity index (χ4n) is 1.81. The number of nitrogens with one attached hydrogen (secondary N) is 2. The van der Waals surface area contributed by atoms with Crippen LogP contribution in [-0.2, 0) is 11.2 Å². The lowest BCUT2D eigenvalue weighted by atomic mass is 10.1. The van der Waals surface area contributed by atoms with E-state index in [0.717, 1.165) is 29.4 Å². The van der Waals surface area contributed by atoms with Crippen molar-refractivity contribution in [2.24, 2.45) is 0 Å². The van der Waals surface area contributed by atoms with Crippen molar-refractivity contribution in [3.63, 3.8) is 0 Å². The van der Waals surface area contributed by atoms with Gasteiger partial charge in [-0.2, -0.15) is 0 Å². The normalized spacial score (nSPS) is 10.7. The molecule has 2 aromatic heterocycles. The predicted octanol–water partition coefficient (Wildman–Crippen LogP) is 1.25. The van der Waals surface area contributed by atoms with Gasteiger partial charge in [0.05, 0.1) is 17.9 Å². The van der Waals surface area contributed by atoms with Gasteiger partial charge in [-0.25, -0.2) is 0 Å². The number of aromatic amines is 1. The van der Waals surface area contributed by atoms with E-state index in [2.05, 4.69) is 15.3 Å². The van der Waals surface area contributed by atoms with Crippen LogP contribution in [0.25, 0.3) is 10.9 Å². The lowest BCUT2D eigenvalue weighted by Gasteiger charge is -2.04. The number of esters is 1. The average Bonchev–Trinajstić information content (AvgIpc) is 2.70. The molecule has 2 aromatic rings. The Morgan fingerprint density at radius 1 is 1.53 bits per heavy atom. The first-order valence-electron chi connectivity index (χ1n) is 5.49. The van der Waals surface area contributed by atoms with Crippen molar-refractivity contribution >= 4 is 16.9 Å². The van der Waals surface area contributed by atoms with Gasteiger partial charge in [0.15, 0.2) is 5.75 Å². The number of fused-ring (bicyclic) bond motifs is 1. The summed E-state index contributed by atoms with van der Waals surface area (Å²) in [5, 5.41) is 4.03. The summed E-state index contributed by atoms with van der Waals surface area (Å²) in [5.41, 5.74) is 2.00. The Morgan fingerprint density at radius 2 is 2.35 bits per heavy atom. The van der Waals surface area contributed by atoms with Gasteiger partial charge < -0.3 is 15.0 Å². The van der Waals surface area contributed by atoms with Crippen LogP contribution in [0.3, 0.4) is 0 Å². The molecule has 0 atom stereocenters. The first kappa shape index (κ1) is 11.6. The summed E-state index contributed by atoms with van der Waals surface area (Å²) in [6.45, 7) is 2.26. The number of hydrogen-bond donors (Lipinski definition) is 2. The standard InChI is InChI=1S/C12H15N3O2/c1-8(16)17-11-7-14-6-10-12(11)9(5-15-10)3-4-13-2/h5-7,13,15H,3-4H2,1-2H3. The third-order valence-electron chi connectivity index (χ3n) is 2.53. The Kier molecular flexibility index (Phi) is 3.39. The molecule has 0 amide bonds. The zero-order valence-corrected chi connectivity index (χ0v) is 9.91. The minimum absolute atomic E-state index is 0.333. The van der Waals surface area contributed by atoms with E-state index >= 15 is 0 Å². The topological polar surface area (TPSA) is 67.0 Å². The number of carbonyl (C=O) groups is 1. The predicted molar refractivity (Wildman–Crippen MR) is 65.0 cm³/mol. The molecule has 0 aliphatic heterocycles. The largest absolute Gasteiger partial charge is 0.424 e. The van der Waals surface area contributed by atoms with E-state index in [9.17, 15) is 4.79 Å². The molecule has 0 unspecified atom stereocenters. The Labute approximate surface area is 99.2 Å². The van der Waals surface area contributed by atoms with Crippen molar-refractivity contribution < 1.29 is 9.53 Å². The average molecular weight is 233 g/mol. The first-order chi connectivity index (χ1) is 8.22. The molecular formula is C12H15N3O2. The van der Waals surface area contributed by atoms with Crippen molar-refractivity contribution in [1.82, 2.24) is 15.3 Å². The van der Waals surface area contributed by atoms with Gasteiger partial charge in [0.25, 0.3) is 0 Å². The van der Waals surface area contributed by atoms with Crippen LogP contribution in [0.1, 0.15) is 12.5 Å². The highest BCUT2D eigenvalue weighted by molar-refractivity contribution is 5.90. The van der Waals surface area contributed by atoms with Crippen molar-refractivity contribution in [1.29, 1.82) is 0 Å². The zero-order chi connectivity index (χ0) is 12.3. The van der Waals surface area contributed by atoms with Gasteiger partial charge >= 0.3 is 5.97 Å². The van der Waals surface area contributed by atoms with Crippen LogP contribution >= 0.6 is 0 Å². The van der Waals surface area contributed by atoms with Gasteiger partial charge in [0.2, 0.25) is 0 Å². The Bertz CT molecular complexity index is 534. The fraction of sp³-hybridized carbons (Fsp3) is 0.333. The quantitative estimate of drug-likeness (QED) is 0.780. The number of H-pyrrole nitrogens is 1. The van der Waals surface area contributed by atoms with E-state index in [1.165, 1.54) is 6.92 Å². The maximum absolute atomic E-state index is 11.0. The summed E-state index contributed by atoms with van der Waals surface area (Å²) in [4.78, 5) is 18.2. The van der Waals surface area contributed by atoms with Crippen LogP contribution in [0.5, 0.6) is 5.75 Å². The fourth-order valence-corrected chi connectivity index (χ4v) is 1.81. The molecule has 0 aromatic carbocycles. The second kappa shape index (κ2) is 4.97. The third-order valence-corrected chi connectivity index (χ3v) is 2.53. The van der Waals surface area contributed by atoms with Crippen molar-refractivity contribution in [2.75, 3.05) is 13.6 Å². The number of rotatable bonds is 4. The molecule has 0 radical (unpaired) electrons. The Morgan fingerprint density at radius 3 is 3.06 bits per heavy atom. The number of carbonyl (C=O) groups excluding carboxylic acids is 1. The van der Waals surface area contributed by atoms with Crippen LogP contribution in [0, 0.1) is 0 Å². The van der Waals surface area contributed by atoms with E-state index in [-0.39, 0.29) is 5.97 Å². The number of hydrogen-bond acceptors (Lipinski definition) is 4. The summed E-state index contributed by atoms with van der Waals surface area (Å²) in [6, 6.07) is 0. The minimum Gasteiger partial charge on any atom is -0.424 e. The zero-order valence-electron chi connectivity index (χ0n) is 9.91. The lowest BCUT2D eigenvalue weighted by Crippen LogP contribution is -2.10. The molecule has 0 fully saturated rings. The molecule has 5 nitrogen and oxygen atoms in total. The molecule has 2 rings (SSSR count). The van der Waals surface area contributed by atoms with Crippen LogP contribution in [0.2, 0.25) is 0 Å². The molecule has 2 heterocycles. The van der Waals surface area contributed by atoms with Crippen molar-refractivity contribution in [2.45, 2.75) is 13.3 Å². The van der Waals surface area contributed by atoms with Crippen molar-refractivity contribution in [3.05, 3.63) is 24.2 Å². The molecule has 90 valence electrons. The van der Waals surface area contributed by atoms with E-state index < -0.39 is 0 Å². The molecule has 0 aliphatic rings. The third kappa shape index (κ3) is 2.45. The molecule has 0 saturated heterocycles. The van der Waals surface area contributed by atoms with E-state index in [1.54, 1.807) is 12.4 Å². The van der Waals surface area contributed by atoms with Gasteiger partial charge in [0.1, 0.15) is 0 Å². The number of ether oxygens (including phenoxy) is 1. The summed E-state index contributed by atoms with van der Waals surface area (Å²) < 4.78 is 5.16. The van der Waals surface area contributed by atoms with Crippen molar-refractivity contribution in [3.8, 4) is 5.75 Å². The summed E-state index contributed by atoms with van der Waals surface area (Å²) in [5.74, 6) is 0.183. The summed E-state index contributed by atoms with van der Waals surface area (Å²) in [6.07, 6.45) is 6.09. The molecule has 0 saturated carbocycles. The highest BCUT2D eigenvalue weighted by atomic mass is 16.5. The maximum Gasteiger partial charge on any atom is 0.308 e. The second-order valence-corrected chi connectivity index (χ2v) is 3.82. The number of nitrogens with zero attached hydrogens (tertiary/aromatic N) is 1. The first-order valence-corrected chi connectivity index (χ1v) is 5.49. The van der Waals surface area contributed by atoms with Gasteiger partial charge in [-0.1, -0.05) is 0 Å². The van der Waals surface area contributed by atoms with Crippen LogP contribution in [-0.4, -0.2) is 29.5 Å². The van der Waals surface area contributed by atoms with Gasteiger partial charge in [0, 0.05) is 18.5 Å². The molecule has 17 heavy (non-hydrogen) atoms. The smallest absolute Gasteiger partial charge is 0.308 e. The second-order valence-electron chi connectivity index (χ2n) is 3.82. The summed E-state index contributed by atoms with van der Waals surface area (Å²) in [7, 11) is 1.91. The lowest BCUT2D eigenvalue weighted by molar-refractivity contribution is -0.131. The van der Waals surface area contributed by atoms with Gasteiger partial charge in [-0.05, 0) is 25.6 Å². The van der Waals surface area contributed by atoms with Gasteiger partial charge in [-0.15, -0.1) is 0 Å². The number of likely N-dealkylation sites (N-methyl/N-ethyl adjacent to an activating group) is 1. The molecule has 0 aliphatic carbocycles. The highest BCUT2D eigenvalue weighted by Crippen LogP contribution is 2.27. The maximum atomic E-state index is 11.0. The molecular weight excluding hydrogens is 218 g/mol. The van der Waals surface area contributed by atoms with E-state index in [4.69, 9.17) is 4.74 Å². The number of pyridine rings is 1. The SMILES string of the molecule is CNCCc1c[nH]c2cncc(OC(C)=O)c12. The molecule has 0 bridgehead atoms. The van der Waals surface area contributed by atoms with E-state index in [0.29, 0.717) is 5.75 Å². The summed E-state index contributed by atoms with van der Waals surface area (Å²) >= 11 is 0. The Hall–Kier alpha value is -1.88. The van der Waals surface area contributed by atoms with Gasteiger partial charge in [-0.3, -0.25) is 9.78 Å². The van der Waals surface area contributed by atoms with Crippen LogP contribution < -0.4 is 10.1 Å². The molecule has 0 spiro atoms. The molecule has 5 heteroatoms.